The standard InChI is InChI=1S/C24H31N3O3/c1-15(24-10-17-7-18(11-24)9-19(8-17)12-24)6-22(29)26-13-16-2-4-20(5-3-16)23(30)27-14-21(25)28/h2-6,17-19H,7-14H2,1H3,(H2,25,28)(H,26,29)(H,27,30)/b15-6+. The number of nitrogens with one attached hydrogen (secondary N) is 2. The van der Waals surface area contributed by atoms with Crippen LogP contribution in [-0.4, -0.2) is 24.3 Å². The van der Waals surface area contributed by atoms with Gasteiger partial charge in [-0.2, -0.15) is 0 Å². The summed E-state index contributed by atoms with van der Waals surface area (Å²) < 4.78 is 0. The molecule has 4 bridgehead atoms. The van der Waals surface area contributed by atoms with Gasteiger partial charge in [-0.05, 0) is 86.3 Å². The minimum Gasteiger partial charge on any atom is -0.368 e. The molecular formula is C24H31N3O3. The zero-order valence-corrected chi connectivity index (χ0v) is 17.6. The fourth-order valence-corrected chi connectivity index (χ4v) is 6.23. The molecule has 0 aliphatic heterocycles. The largest absolute Gasteiger partial charge is 0.368 e. The third-order valence-corrected chi connectivity index (χ3v) is 7.33. The average Bonchev–Trinajstić information content (AvgIpc) is 2.70. The number of allylic oxidation sites excluding steroid dienone is 1. The summed E-state index contributed by atoms with van der Waals surface area (Å²) in [6.07, 6.45) is 9.79. The summed E-state index contributed by atoms with van der Waals surface area (Å²) in [5.41, 5.74) is 7.90. The van der Waals surface area contributed by atoms with Crippen LogP contribution in [0.1, 0.15) is 61.4 Å². The Kier molecular flexibility index (Phi) is 5.67. The number of hydrogen-bond donors (Lipinski definition) is 3. The van der Waals surface area contributed by atoms with Gasteiger partial charge >= 0.3 is 0 Å². The van der Waals surface area contributed by atoms with E-state index in [1.165, 1.54) is 44.1 Å². The third-order valence-electron chi connectivity index (χ3n) is 7.33. The lowest BCUT2D eigenvalue weighted by atomic mass is 9.48. The van der Waals surface area contributed by atoms with Gasteiger partial charge in [-0.25, -0.2) is 0 Å². The first-order valence-electron chi connectivity index (χ1n) is 10.9. The van der Waals surface area contributed by atoms with Crippen molar-refractivity contribution >= 4 is 17.7 Å². The second kappa shape index (κ2) is 8.25. The Hall–Kier alpha value is -2.63. The van der Waals surface area contributed by atoms with Gasteiger partial charge in [-0.3, -0.25) is 14.4 Å². The average molecular weight is 410 g/mol. The van der Waals surface area contributed by atoms with Crippen molar-refractivity contribution in [1.82, 2.24) is 10.6 Å². The van der Waals surface area contributed by atoms with Crippen LogP contribution in [0, 0.1) is 23.2 Å². The number of nitrogens with two attached hydrogens (primary N) is 1. The van der Waals surface area contributed by atoms with Crippen molar-refractivity contribution in [2.75, 3.05) is 6.54 Å². The molecule has 4 saturated carbocycles. The predicted octanol–water partition coefficient (Wildman–Crippen LogP) is 2.68. The Balaban J connectivity index is 1.31. The zero-order valence-electron chi connectivity index (χ0n) is 17.6. The van der Waals surface area contributed by atoms with E-state index in [0.717, 1.165) is 23.3 Å². The van der Waals surface area contributed by atoms with Crippen molar-refractivity contribution < 1.29 is 14.4 Å². The number of amides is 3. The molecule has 0 aromatic heterocycles. The van der Waals surface area contributed by atoms with E-state index in [2.05, 4.69) is 17.6 Å². The fraction of sp³-hybridized carbons (Fsp3) is 0.542. The molecule has 6 nitrogen and oxygen atoms in total. The maximum absolute atomic E-state index is 12.5. The summed E-state index contributed by atoms with van der Waals surface area (Å²) in [6.45, 7) is 2.37. The number of benzene rings is 1. The molecule has 3 amide bonds. The summed E-state index contributed by atoms with van der Waals surface area (Å²) in [7, 11) is 0. The first-order chi connectivity index (χ1) is 14.3. The van der Waals surface area contributed by atoms with Crippen molar-refractivity contribution in [2.24, 2.45) is 28.9 Å². The molecule has 0 spiro atoms. The van der Waals surface area contributed by atoms with Gasteiger partial charge in [-0.1, -0.05) is 17.7 Å². The molecule has 6 heteroatoms. The molecule has 4 N–H and O–H groups in total. The van der Waals surface area contributed by atoms with Crippen molar-refractivity contribution in [1.29, 1.82) is 0 Å². The van der Waals surface area contributed by atoms with Gasteiger partial charge in [0.1, 0.15) is 0 Å². The highest BCUT2D eigenvalue weighted by atomic mass is 16.2. The predicted molar refractivity (Wildman–Crippen MR) is 114 cm³/mol. The molecule has 1 aromatic carbocycles. The maximum atomic E-state index is 12.5. The number of rotatable bonds is 7. The minimum atomic E-state index is -0.584. The molecule has 4 aliphatic rings. The lowest BCUT2D eigenvalue weighted by Gasteiger charge is -2.57. The van der Waals surface area contributed by atoms with Gasteiger partial charge in [0.15, 0.2) is 0 Å². The van der Waals surface area contributed by atoms with E-state index in [9.17, 15) is 14.4 Å². The Morgan fingerprint density at radius 3 is 2.10 bits per heavy atom. The lowest BCUT2D eigenvalue weighted by molar-refractivity contribution is -0.117. The Labute approximate surface area is 177 Å². The number of carbonyl (C=O) groups is 3. The topological polar surface area (TPSA) is 101 Å². The normalized spacial score (nSPS) is 29.5. The number of hydrogen-bond acceptors (Lipinski definition) is 3. The molecule has 0 radical (unpaired) electrons. The van der Waals surface area contributed by atoms with Crippen LogP contribution in [0.2, 0.25) is 0 Å². The van der Waals surface area contributed by atoms with Gasteiger partial charge in [0.05, 0.1) is 6.54 Å². The minimum absolute atomic E-state index is 0.0495. The Morgan fingerprint density at radius 1 is 1.00 bits per heavy atom. The van der Waals surface area contributed by atoms with E-state index in [1.54, 1.807) is 24.3 Å². The third kappa shape index (κ3) is 4.42. The van der Waals surface area contributed by atoms with Crippen LogP contribution in [0.4, 0.5) is 0 Å². The fourth-order valence-electron chi connectivity index (χ4n) is 6.23. The molecule has 0 atom stereocenters. The number of primary amides is 1. The molecular weight excluding hydrogens is 378 g/mol. The smallest absolute Gasteiger partial charge is 0.251 e. The van der Waals surface area contributed by atoms with Crippen LogP contribution < -0.4 is 16.4 Å². The van der Waals surface area contributed by atoms with Crippen LogP contribution in [0.25, 0.3) is 0 Å². The highest BCUT2D eigenvalue weighted by molar-refractivity contribution is 5.96. The lowest BCUT2D eigenvalue weighted by Crippen LogP contribution is -2.46. The van der Waals surface area contributed by atoms with E-state index in [4.69, 9.17) is 5.73 Å². The molecule has 0 heterocycles. The van der Waals surface area contributed by atoms with Crippen LogP contribution >= 0.6 is 0 Å². The van der Waals surface area contributed by atoms with E-state index in [-0.39, 0.29) is 23.8 Å². The van der Waals surface area contributed by atoms with Crippen LogP contribution in [0.15, 0.2) is 35.9 Å². The highest BCUT2D eigenvalue weighted by Crippen LogP contribution is 2.62. The van der Waals surface area contributed by atoms with Crippen LogP contribution in [0.5, 0.6) is 0 Å². The van der Waals surface area contributed by atoms with Gasteiger partial charge in [-0.15, -0.1) is 0 Å². The summed E-state index contributed by atoms with van der Waals surface area (Å²) in [5.74, 6) is 1.61. The highest BCUT2D eigenvalue weighted by Gasteiger charge is 2.51. The SMILES string of the molecule is C/C(=C\C(=O)NCc1ccc(C(=O)NCC(N)=O)cc1)C12CC3CC(CC(C3)C1)C2. The van der Waals surface area contributed by atoms with E-state index >= 15 is 0 Å². The molecule has 1 aromatic rings. The van der Waals surface area contributed by atoms with Crippen LogP contribution in [-0.2, 0) is 16.1 Å². The summed E-state index contributed by atoms with van der Waals surface area (Å²) in [5, 5.41) is 5.43. The van der Waals surface area contributed by atoms with E-state index in [1.807, 2.05) is 6.08 Å². The molecule has 160 valence electrons. The van der Waals surface area contributed by atoms with Gasteiger partial charge < -0.3 is 16.4 Å². The quantitative estimate of drug-likeness (QED) is 0.604. The van der Waals surface area contributed by atoms with Crippen molar-refractivity contribution in [2.45, 2.75) is 52.0 Å². The summed E-state index contributed by atoms with van der Waals surface area (Å²) in [6, 6.07) is 6.95. The van der Waals surface area contributed by atoms with Crippen molar-refractivity contribution in [3.63, 3.8) is 0 Å². The molecule has 0 saturated heterocycles. The van der Waals surface area contributed by atoms with Crippen LogP contribution in [0.3, 0.4) is 0 Å². The second-order valence-electron chi connectivity index (χ2n) is 9.59. The molecule has 5 rings (SSSR count). The molecule has 30 heavy (non-hydrogen) atoms. The molecule has 4 aliphatic carbocycles. The maximum Gasteiger partial charge on any atom is 0.251 e. The van der Waals surface area contributed by atoms with E-state index < -0.39 is 5.91 Å². The summed E-state index contributed by atoms with van der Waals surface area (Å²) >= 11 is 0. The van der Waals surface area contributed by atoms with Crippen molar-refractivity contribution in [3.8, 4) is 0 Å². The molecule has 0 unspecified atom stereocenters. The zero-order chi connectivity index (χ0) is 21.3. The monoisotopic (exact) mass is 409 g/mol. The number of carbonyl (C=O) groups excluding carboxylic acids is 3. The van der Waals surface area contributed by atoms with Gasteiger partial charge in [0.2, 0.25) is 11.8 Å². The Morgan fingerprint density at radius 2 is 1.57 bits per heavy atom. The first-order valence-corrected chi connectivity index (χ1v) is 10.9. The van der Waals surface area contributed by atoms with Crippen molar-refractivity contribution in [3.05, 3.63) is 47.0 Å². The van der Waals surface area contributed by atoms with E-state index in [0.29, 0.717) is 12.1 Å². The summed E-state index contributed by atoms with van der Waals surface area (Å²) in [4.78, 5) is 35.2. The first kappa shape index (κ1) is 20.6. The molecule has 4 fully saturated rings. The second-order valence-corrected chi connectivity index (χ2v) is 9.59. The Bertz CT molecular complexity index is 837. The van der Waals surface area contributed by atoms with Gasteiger partial charge in [0, 0.05) is 18.2 Å². The van der Waals surface area contributed by atoms with Gasteiger partial charge in [0.25, 0.3) is 5.91 Å².